The number of carbonyl (C=O) groups excluding carboxylic acids is 1. The highest BCUT2D eigenvalue weighted by Crippen LogP contribution is 2.17. The minimum atomic E-state index is -0.0547. The van der Waals surface area contributed by atoms with Gasteiger partial charge in [0.1, 0.15) is 6.10 Å². The second-order valence-corrected chi connectivity index (χ2v) is 3.34. The lowest BCUT2D eigenvalue weighted by atomic mass is 10.1. The average Bonchev–Trinajstić information content (AvgIpc) is 2.53. The van der Waals surface area contributed by atoms with Gasteiger partial charge in [-0.15, -0.1) is 0 Å². The molecule has 1 atom stereocenters. The molecule has 1 aromatic carbocycles. The van der Waals surface area contributed by atoms with Crippen LogP contribution in [0.5, 0.6) is 0 Å². The standard InChI is InChI=1S/C11H12O2/c12-11-7-6-10(13-11)8-9-4-2-1-3-5-9/h1-5,10H,6-8H2/t10-/m0/s1. The molecule has 0 N–H and O–H groups in total. The van der Waals surface area contributed by atoms with Crippen LogP contribution < -0.4 is 0 Å². The van der Waals surface area contributed by atoms with Crippen molar-refractivity contribution in [2.24, 2.45) is 0 Å². The van der Waals surface area contributed by atoms with Gasteiger partial charge in [-0.25, -0.2) is 0 Å². The molecule has 1 aliphatic heterocycles. The molecular weight excluding hydrogens is 164 g/mol. The summed E-state index contributed by atoms with van der Waals surface area (Å²) < 4.78 is 5.13. The van der Waals surface area contributed by atoms with Gasteiger partial charge in [0, 0.05) is 12.8 Å². The third-order valence-corrected chi connectivity index (χ3v) is 2.27. The van der Waals surface area contributed by atoms with E-state index < -0.39 is 0 Å². The number of ether oxygens (including phenoxy) is 1. The summed E-state index contributed by atoms with van der Waals surface area (Å²) in [6, 6.07) is 10.1. The SMILES string of the molecule is O=C1CC[C@@H](Cc2ccccc2)O1. The van der Waals surface area contributed by atoms with Crippen molar-refractivity contribution in [1.29, 1.82) is 0 Å². The van der Waals surface area contributed by atoms with E-state index >= 15 is 0 Å². The number of cyclic esters (lactones) is 1. The summed E-state index contributed by atoms with van der Waals surface area (Å²) in [6.07, 6.45) is 2.41. The number of hydrogen-bond acceptors (Lipinski definition) is 2. The first-order valence-electron chi connectivity index (χ1n) is 4.58. The molecule has 1 fully saturated rings. The van der Waals surface area contributed by atoms with Crippen molar-refractivity contribution in [3.63, 3.8) is 0 Å². The molecule has 2 nitrogen and oxygen atoms in total. The molecule has 1 aromatic rings. The Bertz CT molecular complexity index is 292. The first-order valence-corrected chi connectivity index (χ1v) is 4.58. The molecule has 1 saturated heterocycles. The number of hydrogen-bond donors (Lipinski definition) is 0. The van der Waals surface area contributed by atoms with Gasteiger partial charge in [0.15, 0.2) is 0 Å². The van der Waals surface area contributed by atoms with E-state index in [2.05, 4.69) is 12.1 Å². The number of benzene rings is 1. The molecule has 0 saturated carbocycles. The Morgan fingerprint density at radius 1 is 1.31 bits per heavy atom. The van der Waals surface area contributed by atoms with Crippen LogP contribution in [-0.4, -0.2) is 12.1 Å². The fraction of sp³-hybridized carbons (Fsp3) is 0.364. The first-order chi connectivity index (χ1) is 6.34. The summed E-state index contributed by atoms with van der Waals surface area (Å²) >= 11 is 0. The van der Waals surface area contributed by atoms with Crippen LogP contribution in [0.3, 0.4) is 0 Å². The molecule has 0 unspecified atom stereocenters. The van der Waals surface area contributed by atoms with Crippen molar-refractivity contribution in [2.75, 3.05) is 0 Å². The largest absolute Gasteiger partial charge is 0.462 e. The third kappa shape index (κ3) is 2.08. The second kappa shape index (κ2) is 3.60. The third-order valence-electron chi connectivity index (χ3n) is 2.27. The topological polar surface area (TPSA) is 26.3 Å². The average molecular weight is 176 g/mol. The molecule has 2 heteroatoms. The van der Waals surface area contributed by atoms with Crippen molar-refractivity contribution in [3.8, 4) is 0 Å². The van der Waals surface area contributed by atoms with Gasteiger partial charge in [0.25, 0.3) is 0 Å². The van der Waals surface area contributed by atoms with Crippen LogP contribution in [-0.2, 0) is 16.0 Å². The van der Waals surface area contributed by atoms with Crippen molar-refractivity contribution < 1.29 is 9.53 Å². The summed E-state index contributed by atoms with van der Waals surface area (Å²) in [4.78, 5) is 10.8. The molecule has 0 aromatic heterocycles. The van der Waals surface area contributed by atoms with Crippen molar-refractivity contribution in [1.82, 2.24) is 0 Å². The minimum Gasteiger partial charge on any atom is -0.462 e. The van der Waals surface area contributed by atoms with E-state index in [9.17, 15) is 4.79 Å². The number of esters is 1. The summed E-state index contributed by atoms with van der Waals surface area (Å²) in [5, 5.41) is 0. The van der Waals surface area contributed by atoms with Gasteiger partial charge in [-0.1, -0.05) is 30.3 Å². The first kappa shape index (κ1) is 8.30. The summed E-state index contributed by atoms with van der Waals surface area (Å²) in [6.45, 7) is 0. The van der Waals surface area contributed by atoms with E-state index in [1.54, 1.807) is 0 Å². The fourth-order valence-electron chi connectivity index (χ4n) is 1.60. The van der Waals surface area contributed by atoms with Gasteiger partial charge in [0.05, 0.1) is 0 Å². The Morgan fingerprint density at radius 3 is 2.69 bits per heavy atom. The molecule has 13 heavy (non-hydrogen) atoms. The lowest BCUT2D eigenvalue weighted by molar-refractivity contribution is -0.141. The maximum absolute atomic E-state index is 10.8. The second-order valence-electron chi connectivity index (χ2n) is 3.34. The molecule has 68 valence electrons. The zero-order valence-electron chi connectivity index (χ0n) is 7.40. The molecule has 0 radical (unpaired) electrons. The van der Waals surface area contributed by atoms with Crippen LogP contribution in [0, 0.1) is 0 Å². The van der Waals surface area contributed by atoms with Crippen LogP contribution in [0.15, 0.2) is 30.3 Å². The molecule has 0 aliphatic carbocycles. The molecule has 0 spiro atoms. The Labute approximate surface area is 77.5 Å². The van der Waals surface area contributed by atoms with Crippen LogP contribution in [0.2, 0.25) is 0 Å². The van der Waals surface area contributed by atoms with E-state index in [1.807, 2.05) is 18.2 Å². The Balaban J connectivity index is 1.96. The predicted octanol–water partition coefficient (Wildman–Crippen LogP) is 1.93. The van der Waals surface area contributed by atoms with Gasteiger partial charge in [0.2, 0.25) is 0 Å². The highest BCUT2D eigenvalue weighted by Gasteiger charge is 2.22. The van der Waals surface area contributed by atoms with Gasteiger partial charge < -0.3 is 4.74 Å². The lowest BCUT2D eigenvalue weighted by Crippen LogP contribution is -2.09. The van der Waals surface area contributed by atoms with E-state index in [1.165, 1.54) is 5.56 Å². The van der Waals surface area contributed by atoms with Crippen molar-refractivity contribution >= 4 is 5.97 Å². The van der Waals surface area contributed by atoms with Crippen LogP contribution in [0.25, 0.3) is 0 Å². The Hall–Kier alpha value is -1.31. The molecule has 1 heterocycles. The highest BCUT2D eigenvalue weighted by molar-refractivity contribution is 5.71. The highest BCUT2D eigenvalue weighted by atomic mass is 16.5. The minimum absolute atomic E-state index is 0.0547. The van der Waals surface area contributed by atoms with Gasteiger partial charge >= 0.3 is 5.97 Å². The van der Waals surface area contributed by atoms with E-state index in [-0.39, 0.29) is 12.1 Å². The zero-order valence-corrected chi connectivity index (χ0v) is 7.40. The predicted molar refractivity (Wildman–Crippen MR) is 49.3 cm³/mol. The van der Waals surface area contributed by atoms with Gasteiger partial charge in [-0.2, -0.15) is 0 Å². The Kier molecular flexibility index (Phi) is 2.30. The number of carbonyl (C=O) groups is 1. The summed E-state index contributed by atoms with van der Waals surface area (Å²) in [7, 11) is 0. The van der Waals surface area contributed by atoms with E-state index in [4.69, 9.17) is 4.74 Å². The molecule has 2 rings (SSSR count). The monoisotopic (exact) mass is 176 g/mol. The lowest BCUT2D eigenvalue weighted by Gasteiger charge is -2.08. The zero-order chi connectivity index (χ0) is 9.10. The molecule has 1 aliphatic rings. The summed E-state index contributed by atoms with van der Waals surface area (Å²) in [5.74, 6) is -0.0547. The quantitative estimate of drug-likeness (QED) is 0.643. The van der Waals surface area contributed by atoms with E-state index in [0.717, 1.165) is 12.8 Å². The van der Waals surface area contributed by atoms with Gasteiger partial charge in [-0.05, 0) is 12.0 Å². The van der Waals surface area contributed by atoms with Crippen LogP contribution >= 0.6 is 0 Å². The smallest absolute Gasteiger partial charge is 0.306 e. The molecule has 0 amide bonds. The van der Waals surface area contributed by atoms with Gasteiger partial charge in [-0.3, -0.25) is 4.79 Å². The van der Waals surface area contributed by atoms with Crippen molar-refractivity contribution in [3.05, 3.63) is 35.9 Å². The molecule has 0 bridgehead atoms. The maximum Gasteiger partial charge on any atom is 0.306 e. The number of rotatable bonds is 2. The summed E-state index contributed by atoms with van der Waals surface area (Å²) in [5.41, 5.74) is 1.24. The normalized spacial score (nSPS) is 21.5. The maximum atomic E-state index is 10.8. The molecular formula is C11H12O2. The van der Waals surface area contributed by atoms with Crippen LogP contribution in [0.1, 0.15) is 18.4 Å². The Morgan fingerprint density at radius 2 is 2.08 bits per heavy atom. The van der Waals surface area contributed by atoms with Crippen LogP contribution in [0.4, 0.5) is 0 Å². The van der Waals surface area contributed by atoms with E-state index in [0.29, 0.717) is 6.42 Å². The fourth-order valence-corrected chi connectivity index (χ4v) is 1.60. The van der Waals surface area contributed by atoms with Crippen molar-refractivity contribution in [2.45, 2.75) is 25.4 Å².